The van der Waals surface area contributed by atoms with Crippen molar-refractivity contribution in [2.24, 2.45) is 0 Å². The summed E-state index contributed by atoms with van der Waals surface area (Å²) in [6, 6.07) is 11.7. The second kappa shape index (κ2) is 9.40. The molecule has 0 bridgehead atoms. The zero-order valence-electron chi connectivity index (χ0n) is 16.2. The summed E-state index contributed by atoms with van der Waals surface area (Å²) < 4.78 is 11.0. The molecule has 1 aromatic heterocycles. The normalized spacial score (nSPS) is 16.4. The van der Waals surface area contributed by atoms with E-state index in [-0.39, 0.29) is 29.8 Å². The summed E-state index contributed by atoms with van der Waals surface area (Å²) in [5, 5.41) is 3.06. The van der Waals surface area contributed by atoms with Gasteiger partial charge in [0.1, 0.15) is 5.76 Å². The van der Waals surface area contributed by atoms with E-state index in [0.29, 0.717) is 25.3 Å². The van der Waals surface area contributed by atoms with E-state index in [1.165, 1.54) is 5.56 Å². The van der Waals surface area contributed by atoms with E-state index >= 15 is 0 Å². The Bertz CT molecular complexity index is 702. The smallest absolute Gasteiger partial charge is 0.251 e. The van der Waals surface area contributed by atoms with Gasteiger partial charge < -0.3 is 14.5 Å². The summed E-state index contributed by atoms with van der Waals surface area (Å²) in [7, 11) is 0. The molecule has 1 fully saturated rings. The van der Waals surface area contributed by atoms with Crippen LogP contribution < -0.4 is 5.32 Å². The molecule has 3 rings (SSSR count). The van der Waals surface area contributed by atoms with Gasteiger partial charge in [-0.3, -0.25) is 9.69 Å². The number of halogens is 1. The van der Waals surface area contributed by atoms with Crippen LogP contribution in [0, 0.1) is 0 Å². The predicted octanol–water partition coefficient (Wildman–Crippen LogP) is 3.80. The number of rotatable bonds is 5. The number of amides is 1. The fraction of sp³-hybridized carbons (Fsp3) is 0.476. The van der Waals surface area contributed by atoms with Crippen molar-refractivity contribution in [1.82, 2.24) is 10.2 Å². The van der Waals surface area contributed by atoms with Gasteiger partial charge in [0, 0.05) is 25.2 Å². The molecule has 0 radical (unpaired) electrons. The molecule has 0 aliphatic carbocycles. The van der Waals surface area contributed by atoms with Crippen molar-refractivity contribution >= 4 is 18.3 Å². The average molecular weight is 393 g/mol. The number of nitrogens with zero attached hydrogens (tertiary/aromatic N) is 1. The highest BCUT2D eigenvalue weighted by Gasteiger charge is 2.25. The second-order valence-corrected chi connectivity index (χ2v) is 7.72. The van der Waals surface area contributed by atoms with Gasteiger partial charge in [-0.1, -0.05) is 32.9 Å². The zero-order valence-corrected chi connectivity index (χ0v) is 17.1. The highest BCUT2D eigenvalue weighted by Crippen LogP contribution is 2.23. The molecular formula is C21H29ClN2O3. The van der Waals surface area contributed by atoms with Crippen molar-refractivity contribution in [2.75, 3.05) is 32.8 Å². The minimum Gasteiger partial charge on any atom is -0.468 e. The van der Waals surface area contributed by atoms with Crippen molar-refractivity contribution in [3.8, 4) is 0 Å². The first-order valence-electron chi connectivity index (χ1n) is 9.19. The van der Waals surface area contributed by atoms with E-state index in [0.717, 1.165) is 18.8 Å². The Morgan fingerprint density at radius 2 is 1.81 bits per heavy atom. The monoisotopic (exact) mass is 392 g/mol. The molecule has 6 heteroatoms. The minimum atomic E-state index is -0.0599. The largest absolute Gasteiger partial charge is 0.468 e. The molecule has 0 spiro atoms. The zero-order chi connectivity index (χ0) is 18.6. The number of ether oxygens (including phenoxy) is 1. The Balaban J connectivity index is 0.00000261. The van der Waals surface area contributed by atoms with Crippen LogP contribution in [0.25, 0.3) is 0 Å². The number of hydrogen-bond donors (Lipinski definition) is 1. The van der Waals surface area contributed by atoms with E-state index in [1.54, 1.807) is 6.26 Å². The number of carbonyl (C=O) groups is 1. The van der Waals surface area contributed by atoms with Crippen LogP contribution in [-0.2, 0) is 10.2 Å². The standard InChI is InChI=1S/C21H28N2O3.ClH/c1-21(2,3)17-8-6-16(7-9-17)20(24)22-15-18(19-5-4-12-26-19)23-10-13-25-14-11-23;/h4-9,12,18H,10-11,13-15H2,1-3H3,(H,22,24);1H. The molecule has 1 amide bonds. The van der Waals surface area contributed by atoms with Crippen LogP contribution in [0.15, 0.2) is 47.1 Å². The Kier molecular flexibility index (Phi) is 7.48. The third-order valence-corrected chi connectivity index (χ3v) is 4.83. The average Bonchev–Trinajstić information content (AvgIpc) is 3.16. The van der Waals surface area contributed by atoms with E-state index in [2.05, 4.69) is 31.0 Å². The maximum atomic E-state index is 12.6. The molecule has 0 saturated carbocycles. The number of nitrogens with one attached hydrogen (secondary N) is 1. The van der Waals surface area contributed by atoms with Crippen molar-refractivity contribution in [2.45, 2.75) is 32.2 Å². The predicted molar refractivity (Wildman–Crippen MR) is 109 cm³/mol. The lowest BCUT2D eigenvalue weighted by Gasteiger charge is -2.33. The van der Waals surface area contributed by atoms with Crippen LogP contribution in [0.4, 0.5) is 0 Å². The molecule has 1 atom stereocenters. The van der Waals surface area contributed by atoms with Crippen molar-refractivity contribution in [1.29, 1.82) is 0 Å². The Hall–Kier alpha value is -1.82. The van der Waals surface area contributed by atoms with Crippen LogP contribution in [0.5, 0.6) is 0 Å². The highest BCUT2D eigenvalue weighted by molar-refractivity contribution is 5.94. The lowest BCUT2D eigenvalue weighted by molar-refractivity contribution is 0.0118. The van der Waals surface area contributed by atoms with Crippen LogP contribution in [0.1, 0.15) is 48.5 Å². The maximum absolute atomic E-state index is 12.6. The molecule has 1 saturated heterocycles. The van der Waals surface area contributed by atoms with Crippen LogP contribution in [-0.4, -0.2) is 43.7 Å². The van der Waals surface area contributed by atoms with E-state index < -0.39 is 0 Å². The van der Waals surface area contributed by atoms with Gasteiger partial charge in [-0.05, 0) is 35.2 Å². The molecule has 148 valence electrons. The molecule has 1 N–H and O–H groups in total. The van der Waals surface area contributed by atoms with E-state index in [1.807, 2.05) is 36.4 Å². The minimum absolute atomic E-state index is 0. The van der Waals surface area contributed by atoms with Gasteiger partial charge in [-0.2, -0.15) is 0 Å². The number of hydrogen-bond acceptors (Lipinski definition) is 4. The van der Waals surface area contributed by atoms with Gasteiger partial charge in [0.25, 0.3) is 5.91 Å². The molecular weight excluding hydrogens is 364 g/mol. The van der Waals surface area contributed by atoms with Gasteiger partial charge >= 0.3 is 0 Å². The van der Waals surface area contributed by atoms with Crippen LogP contribution in [0.3, 0.4) is 0 Å². The van der Waals surface area contributed by atoms with E-state index in [4.69, 9.17) is 9.15 Å². The van der Waals surface area contributed by atoms with Crippen LogP contribution in [0.2, 0.25) is 0 Å². The number of morpholine rings is 1. The Morgan fingerprint density at radius 1 is 1.15 bits per heavy atom. The van der Waals surface area contributed by atoms with Gasteiger partial charge in [0.2, 0.25) is 0 Å². The van der Waals surface area contributed by atoms with Crippen molar-refractivity contribution in [3.63, 3.8) is 0 Å². The van der Waals surface area contributed by atoms with Gasteiger partial charge in [-0.25, -0.2) is 0 Å². The molecule has 2 aromatic rings. The first kappa shape index (κ1) is 21.5. The van der Waals surface area contributed by atoms with Crippen LogP contribution >= 0.6 is 12.4 Å². The quantitative estimate of drug-likeness (QED) is 0.840. The molecule has 1 aromatic carbocycles. The third kappa shape index (κ3) is 5.58. The third-order valence-electron chi connectivity index (χ3n) is 4.83. The van der Waals surface area contributed by atoms with Gasteiger partial charge in [-0.15, -0.1) is 12.4 Å². The fourth-order valence-electron chi connectivity index (χ4n) is 3.19. The number of benzene rings is 1. The molecule has 27 heavy (non-hydrogen) atoms. The van der Waals surface area contributed by atoms with Gasteiger partial charge in [0.05, 0.1) is 25.5 Å². The summed E-state index contributed by atoms with van der Waals surface area (Å²) in [5.74, 6) is 0.811. The molecule has 1 aliphatic heterocycles. The highest BCUT2D eigenvalue weighted by atomic mass is 35.5. The summed E-state index contributed by atoms with van der Waals surface area (Å²) in [4.78, 5) is 14.9. The maximum Gasteiger partial charge on any atom is 0.251 e. The lowest BCUT2D eigenvalue weighted by Crippen LogP contribution is -2.43. The summed E-state index contributed by atoms with van der Waals surface area (Å²) >= 11 is 0. The topological polar surface area (TPSA) is 54.7 Å². The SMILES string of the molecule is CC(C)(C)c1ccc(C(=O)NCC(c2ccco2)N2CCOCC2)cc1.Cl. The Labute approximate surface area is 167 Å². The summed E-state index contributed by atoms with van der Waals surface area (Å²) in [6.45, 7) is 10.1. The number of furan rings is 1. The van der Waals surface area contributed by atoms with Crippen molar-refractivity contribution < 1.29 is 13.9 Å². The first-order valence-corrected chi connectivity index (χ1v) is 9.19. The first-order chi connectivity index (χ1) is 12.4. The lowest BCUT2D eigenvalue weighted by atomic mass is 9.87. The van der Waals surface area contributed by atoms with Gasteiger partial charge in [0.15, 0.2) is 0 Å². The summed E-state index contributed by atoms with van der Waals surface area (Å²) in [5.41, 5.74) is 1.98. The number of carbonyl (C=O) groups excluding carboxylic acids is 1. The van der Waals surface area contributed by atoms with Crippen molar-refractivity contribution in [3.05, 3.63) is 59.5 Å². The summed E-state index contributed by atoms with van der Waals surface area (Å²) in [6.07, 6.45) is 1.68. The molecule has 2 heterocycles. The molecule has 1 unspecified atom stereocenters. The van der Waals surface area contributed by atoms with E-state index in [9.17, 15) is 4.79 Å². The fourth-order valence-corrected chi connectivity index (χ4v) is 3.19. The molecule has 1 aliphatic rings. The Morgan fingerprint density at radius 3 is 2.37 bits per heavy atom. The molecule has 5 nitrogen and oxygen atoms in total. The second-order valence-electron chi connectivity index (χ2n) is 7.72.